The van der Waals surface area contributed by atoms with Gasteiger partial charge in [0.15, 0.2) is 0 Å². The molecule has 0 saturated heterocycles. The first-order valence-electron chi connectivity index (χ1n) is 7.94. The second-order valence-corrected chi connectivity index (χ2v) is 7.32. The van der Waals surface area contributed by atoms with Gasteiger partial charge in [-0.1, -0.05) is 19.1 Å². The molecule has 134 valence electrons. The summed E-state index contributed by atoms with van der Waals surface area (Å²) in [5.41, 5.74) is 0.901. The quantitative estimate of drug-likeness (QED) is 0.793. The Morgan fingerprint density at radius 2 is 1.76 bits per heavy atom. The maximum absolute atomic E-state index is 12.3. The molecule has 0 radical (unpaired) electrons. The van der Waals surface area contributed by atoms with E-state index in [4.69, 9.17) is 4.74 Å². The number of rotatable bonds is 7. The SMILES string of the molecule is CCC(C)NS(=O)(=O)c1ccc(NC(=O)c2ccccc2OC)cc1. The van der Waals surface area contributed by atoms with Crippen molar-refractivity contribution < 1.29 is 17.9 Å². The lowest BCUT2D eigenvalue weighted by molar-refractivity contribution is 0.102. The minimum atomic E-state index is -3.56. The highest BCUT2D eigenvalue weighted by Gasteiger charge is 2.17. The van der Waals surface area contributed by atoms with Crippen LogP contribution >= 0.6 is 0 Å². The van der Waals surface area contributed by atoms with Crippen molar-refractivity contribution in [3.8, 4) is 5.75 Å². The third kappa shape index (κ3) is 4.80. The van der Waals surface area contributed by atoms with E-state index in [9.17, 15) is 13.2 Å². The molecule has 0 aliphatic heterocycles. The molecule has 2 N–H and O–H groups in total. The molecule has 0 saturated carbocycles. The highest BCUT2D eigenvalue weighted by Crippen LogP contribution is 2.20. The molecule has 0 aliphatic carbocycles. The Balaban J connectivity index is 2.14. The lowest BCUT2D eigenvalue weighted by Crippen LogP contribution is -2.31. The predicted molar refractivity (Wildman–Crippen MR) is 97.5 cm³/mol. The molecule has 2 aromatic rings. The van der Waals surface area contributed by atoms with E-state index in [1.54, 1.807) is 43.3 Å². The van der Waals surface area contributed by atoms with E-state index in [0.29, 0.717) is 23.4 Å². The minimum Gasteiger partial charge on any atom is -0.496 e. The first kappa shape index (κ1) is 19.0. The number of anilines is 1. The van der Waals surface area contributed by atoms with Gasteiger partial charge in [-0.3, -0.25) is 4.79 Å². The second kappa shape index (κ2) is 8.13. The van der Waals surface area contributed by atoms with Crippen LogP contribution in [0.5, 0.6) is 5.75 Å². The zero-order valence-electron chi connectivity index (χ0n) is 14.4. The summed E-state index contributed by atoms with van der Waals surface area (Å²) < 4.78 is 32.2. The summed E-state index contributed by atoms with van der Waals surface area (Å²) in [6.45, 7) is 3.71. The van der Waals surface area contributed by atoms with Crippen molar-refractivity contribution in [2.75, 3.05) is 12.4 Å². The molecule has 7 heteroatoms. The van der Waals surface area contributed by atoms with Gasteiger partial charge in [-0.25, -0.2) is 13.1 Å². The second-order valence-electron chi connectivity index (χ2n) is 5.61. The fraction of sp³-hybridized carbons (Fsp3) is 0.278. The number of carbonyl (C=O) groups excluding carboxylic acids is 1. The maximum Gasteiger partial charge on any atom is 0.259 e. The zero-order chi connectivity index (χ0) is 18.4. The molecule has 25 heavy (non-hydrogen) atoms. The lowest BCUT2D eigenvalue weighted by Gasteiger charge is -2.13. The Kier molecular flexibility index (Phi) is 6.17. The van der Waals surface area contributed by atoms with Crippen LogP contribution in [0.1, 0.15) is 30.6 Å². The van der Waals surface area contributed by atoms with Crippen LogP contribution in [0.2, 0.25) is 0 Å². The van der Waals surface area contributed by atoms with Crippen LogP contribution in [-0.2, 0) is 10.0 Å². The summed E-state index contributed by atoms with van der Waals surface area (Å²) in [7, 11) is -2.07. The molecule has 2 rings (SSSR count). The Hall–Kier alpha value is -2.38. The summed E-state index contributed by atoms with van der Waals surface area (Å²) in [6, 6.07) is 12.8. The molecule has 1 unspecified atom stereocenters. The number of benzene rings is 2. The van der Waals surface area contributed by atoms with Gasteiger partial charge in [-0.15, -0.1) is 0 Å². The van der Waals surface area contributed by atoms with Crippen LogP contribution in [0.15, 0.2) is 53.4 Å². The zero-order valence-corrected chi connectivity index (χ0v) is 15.3. The van der Waals surface area contributed by atoms with Crippen LogP contribution in [0.3, 0.4) is 0 Å². The summed E-state index contributed by atoms with van der Waals surface area (Å²) in [6.07, 6.45) is 0.701. The average molecular weight is 362 g/mol. The van der Waals surface area contributed by atoms with Crippen molar-refractivity contribution in [3.05, 3.63) is 54.1 Å². The van der Waals surface area contributed by atoms with Gasteiger partial charge in [0.25, 0.3) is 5.91 Å². The van der Waals surface area contributed by atoms with Gasteiger partial charge in [-0.2, -0.15) is 0 Å². The number of hydrogen-bond acceptors (Lipinski definition) is 4. The van der Waals surface area contributed by atoms with Crippen molar-refractivity contribution in [1.29, 1.82) is 0 Å². The first-order chi connectivity index (χ1) is 11.9. The first-order valence-corrected chi connectivity index (χ1v) is 9.42. The summed E-state index contributed by atoms with van der Waals surface area (Å²) >= 11 is 0. The molecule has 0 aliphatic rings. The van der Waals surface area contributed by atoms with E-state index in [-0.39, 0.29) is 16.8 Å². The van der Waals surface area contributed by atoms with Gasteiger partial charge < -0.3 is 10.1 Å². The molecule has 0 fully saturated rings. The number of nitrogens with one attached hydrogen (secondary N) is 2. The smallest absolute Gasteiger partial charge is 0.259 e. The minimum absolute atomic E-state index is 0.144. The van der Waals surface area contributed by atoms with Crippen molar-refractivity contribution in [3.63, 3.8) is 0 Å². The monoisotopic (exact) mass is 362 g/mol. The fourth-order valence-electron chi connectivity index (χ4n) is 2.16. The molecule has 0 spiro atoms. The van der Waals surface area contributed by atoms with Crippen molar-refractivity contribution in [1.82, 2.24) is 4.72 Å². The third-order valence-electron chi connectivity index (χ3n) is 3.74. The Labute approximate surface area is 148 Å². The number of hydrogen-bond donors (Lipinski definition) is 2. The largest absolute Gasteiger partial charge is 0.496 e. The van der Waals surface area contributed by atoms with Gasteiger partial charge >= 0.3 is 0 Å². The van der Waals surface area contributed by atoms with Crippen molar-refractivity contribution in [2.24, 2.45) is 0 Å². The van der Waals surface area contributed by atoms with Gasteiger partial charge in [-0.05, 0) is 49.7 Å². The number of carbonyl (C=O) groups is 1. The highest BCUT2D eigenvalue weighted by atomic mass is 32.2. The average Bonchev–Trinajstić information content (AvgIpc) is 2.61. The van der Waals surface area contributed by atoms with E-state index in [2.05, 4.69) is 10.0 Å². The van der Waals surface area contributed by atoms with Gasteiger partial charge in [0.1, 0.15) is 5.75 Å². The molecule has 1 atom stereocenters. The van der Waals surface area contributed by atoms with E-state index < -0.39 is 10.0 Å². The lowest BCUT2D eigenvalue weighted by atomic mass is 10.2. The Morgan fingerprint density at radius 1 is 1.12 bits per heavy atom. The molecule has 2 aromatic carbocycles. The van der Waals surface area contributed by atoms with Gasteiger partial charge in [0, 0.05) is 11.7 Å². The highest BCUT2D eigenvalue weighted by molar-refractivity contribution is 7.89. The molecule has 0 heterocycles. The molecular weight excluding hydrogens is 340 g/mol. The molecule has 0 aromatic heterocycles. The van der Waals surface area contributed by atoms with Gasteiger partial charge in [0.2, 0.25) is 10.0 Å². The van der Waals surface area contributed by atoms with E-state index in [1.807, 2.05) is 6.92 Å². The van der Waals surface area contributed by atoms with Crippen LogP contribution in [0, 0.1) is 0 Å². The molecule has 0 bridgehead atoms. The number of amides is 1. The fourth-order valence-corrected chi connectivity index (χ4v) is 3.49. The number of para-hydroxylation sites is 1. The van der Waals surface area contributed by atoms with Crippen LogP contribution in [-0.4, -0.2) is 27.5 Å². The van der Waals surface area contributed by atoms with Gasteiger partial charge in [0.05, 0.1) is 17.6 Å². The molecular formula is C18H22N2O4S. The molecule has 1 amide bonds. The number of ether oxygens (including phenoxy) is 1. The van der Waals surface area contributed by atoms with E-state index in [1.165, 1.54) is 19.2 Å². The topological polar surface area (TPSA) is 84.5 Å². The standard InChI is InChI=1S/C18H22N2O4S/c1-4-13(2)20-25(22,23)15-11-9-14(10-12-15)19-18(21)16-7-5-6-8-17(16)24-3/h5-13,20H,4H2,1-3H3,(H,19,21). The Bertz CT molecular complexity index is 832. The summed E-state index contributed by atoms with van der Waals surface area (Å²) in [4.78, 5) is 12.5. The van der Waals surface area contributed by atoms with Crippen molar-refractivity contribution >= 4 is 21.6 Å². The predicted octanol–water partition coefficient (Wildman–Crippen LogP) is 3.02. The van der Waals surface area contributed by atoms with Crippen LogP contribution in [0.25, 0.3) is 0 Å². The van der Waals surface area contributed by atoms with Crippen LogP contribution < -0.4 is 14.8 Å². The van der Waals surface area contributed by atoms with Crippen molar-refractivity contribution in [2.45, 2.75) is 31.2 Å². The third-order valence-corrected chi connectivity index (χ3v) is 5.35. The molecule has 6 nitrogen and oxygen atoms in total. The number of sulfonamides is 1. The maximum atomic E-state index is 12.3. The Morgan fingerprint density at radius 3 is 2.36 bits per heavy atom. The van der Waals surface area contributed by atoms with E-state index in [0.717, 1.165) is 0 Å². The number of methoxy groups -OCH3 is 1. The van der Waals surface area contributed by atoms with E-state index >= 15 is 0 Å². The summed E-state index contributed by atoms with van der Waals surface area (Å²) in [5, 5.41) is 2.73. The van der Waals surface area contributed by atoms with Crippen LogP contribution in [0.4, 0.5) is 5.69 Å². The normalized spacial score (nSPS) is 12.4. The summed E-state index contributed by atoms with van der Waals surface area (Å²) in [5.74, 6) is 0.141.